The van der Waals surface area contributed by atoms with Crippen LogP contribution < -0.4 is 0 Å². The van der Waals surface area contributed by atoms with Gasteiger partial charge in [-0.2, -0.15) is 0 Å². The molecule has 4 aliphatic rings. The average molecular weight is 348 g/mol. The normalized spacial score (nSPS) is 33.5. The van der Waals surface area contributed by atoms with Gasteiger partial charge in [0.2, 0.25) is 11.8 Å². The molecule has 2 heterocycles. The second-order valence-electron chi connectivity index (χ2n) is 8.68. The Morgan fingerprint density at radius 3 is 2.08 bits per heavy atom. The third-order valence-electron chi connectivity index (χ3n) is 7.06. The molecule has 2 saturated heterocycles. The molecular formula is C20H33N3O2. The lowest BCUT2D eigenvalue weighted by molar-refractivity contribution is -0.139. The topological polar surface area (TPSA) is 43.9 Å². The number of piperazine rings is 1. The van der Waals surface area contributed by atoms with Crippen LogP contribution in [-0.2, 0) is 9.59 Å². The molecule has 0 radical (unpaired) electrons. The van der Waals surface area contributed by atoms with Crippen molar-refractivity contribution in [1.29, 1.82) is 0 Å². The van der Waals surface area contributed by atoms with E-state index in [1.54, 1.807) is 0 Å². The monoisotopic (exact) mass is 347 g/mol. The zero-order chi connectivity index (χ0) is 17.2. The Labute approximate surface area is 151 Å². The molecule has 2 saturated carbocycles. The Hall–Kier alpha value is -1.10. The lowest BCUT2D eigenvalue weighted by atomic mass is 9.87. The molecule has 4 fully saturated rings. The molecule has 5 nitrogen and oxygen atoms in total. The molecule has 2 aliphatic carbocycles. The van der Waals surface area contributed by atoms with Crippen LogP contribution in [0.2, 0.25) is 0 Å². The van der Waals surface area contributed by atoms with E-state index >= 15 is 0 Å². The first-order chi connectivity index (χ1) is 12.2. The number of amides is 2. The van der Waals surface area contributed by atoms with Crippen molar-refractivity contribution in [1.82, 2.24) is 14.7 Å². The number of carbonyl (C=O) groups is 2. The molecule has 5 heteroatoms. The van der Waals surface area contributed by atoms with Gasteiger partial charge in [-0.3, -0.25) is 14.5 Å². The van der Waals surface area contributed by atoms with Crippen molar-refractivity contribution in [3.63, 3.8) is 0 Å². The van der Waals surface area contributed by atoms with Crippen molar-refractivity contribution < 1.29 is 9.59 Å². The highest BCUT2D eigenvalue weighted by Crippen LogP contribution is 2.48. The van der Waals surface area contributed by atoms with E-state index in [2.05, 4.69) is 14.7 Å². The number of carbonyl (C=O) groups excluding carboxylic acids is 2. The summed E-state index contributed by atoms with van der Waals surface area (Å²) in [4.78, 5) is 31.8. The number of hydrogen-bond acceptors (Lipinski definition) is 3. The maximum atomic E-state index is 12.8. The van der Waals surface area contributed by atoms with E-state index < -0.39 is 0 Å². The van der Waals surface area contributed by atoms with Crippen LogP contribution in [0.3, 0.4) is 0 Å². The van der Waals surface area contributed by atoms with E-state index in [-0.39, 0.29) is 5.91 Å². The first-order valence-corrected chi connectivity index (χ1v) is 10.5. The minimum Gasteiger partial charge on any atom is -0.342 e. The Morgan fingerprint density at radius 1 is 0.760 bits per heavy atom. The average Bonchev–Trinajstić information content (AvgIpc) is 3.16. The number of fused-ring (bicyclic) bond motifs is 2. The molecule has 2 amide bonds. The van der Waals surface area contributed by atoms with Gasteiger partial charge in [0.05, 0.1) is 6.54 Å². The van der Waals surface area contributed by atoms with Crippen molar-refractivity contribution >= 4 is 11.8 Å². The van der Waals surface area contributed by atoms with Gasteiger partial charge in [0.25, 0.3) is 0 Å². The first kappa shape index (κ1) is 17.3. The Kier molecular flexibility index (Phi) is 5.30. The van der Waals surface area contributed by atoms with E-state index in [1.807, 2.05) is 0 Å². The van der Waals surface area contributed by atoms with Crippen molar-refractivity contribution in [2.75, 3.05) is 45.8 Å². The van der Waals surface area contributed by atoms with Gasteiger partial charge in [0.1, 0.15) is 0 Å². The second-order valence-corrected chi connectivity index (χ2v) is 8.68. The summed E-state index contributed by atoms with van der Waals surface area (Å²) in [6.45, 7) is 5.72. The van der Waals surface area contributed by atoms with Gasteiger partial charge in [-0.05, 0) is 43.9 Å². The van der Waals surface area contributed by atoms with E-state index in [9.17, 15) is 9.59 Å². The summed E-state index contributed by atoms with van der Waals surface area (Å²) in [7, 11) is 0. The molecule has 25 heavy (non-hydrogen) atoms. The van der Waals surface area contributed by atoms with Gasteiger partial charge in [0.15, 0.2) is 0 Å². The van der Waals surface area contributed by atoms with Crippen LogP contribution in [0, 0.1) is 17.8 Å². The Bertz CT molecular complexity index is 493. The van der Waals surface area contributed by atoms with Gasteiger partial charge in [-0.1, -0.05) is 19.3 Å². The Morgan fingerprint density at radius 2 is 1.48 bits per heavy atom. The van der Waals surface area contributed by atoms with Crippen molar-refractivity contribution in [2.24, 2.45) is 17.8 Å². The zero-order valence-electron chi connectivity index (χ0n) is 15.5. The van der Waals surface area contributed by atoms with E-state index in [0.717, 1.165) is 64.4 Å². The summed E-state index contributed by atoms with van der Waals surface area (Å²) in [5.41, 5.74) is 0. The number of rotatable bonds is 3. The van der Waals surface area contributed by atoms with Crippen LogP contribution in [0.4, 0.5) is 0 Å². The largest absolute Gasteiger partial charge is 0.342 e. The van der Waals surface area contributed by atoms with Crippen LogP contribution in [0.15, 0.2) is 0 Å². The molecule has 140 valence electrons. The fourth-order valence-electron chi connectivity index (χ4n) is 5.52. The first-order valence-electron chi connectivity index (χ1n) is 10.5. The summed E-state index contributed by atoms with van der Waals surface area (Å²) in [6, 6.07) is 0. The van der Waals surface area contributed by atoms with E-state index in [0.29, 0.717) is 24.3 Å². The highest BCUT2D eigenvalue weighted by atomic mass is 16.2. The predicted octanol–water partition coefficient (Wildman–Crippen LogP) is 1.97. The minimum atomic E-state index is 0.287. The van der Waals surface area contributed by atoms with Gasteiger partial charge < -0.3 is 9.80 Å². The molecule has 0 aromatic heterocycles. The Balaban J connectivity index is 1.23. The van der Waals surface area contributed by atoms with E-state index in [4.69, 9.17) is 0 Å². The smallest absolute Gasteiger partial charge is 0.236 e. The molecule has 0 spiro atoms. The molecule has 0 N–H and O–H groups in total. The SMILES string of the molecule is O=C(CN1CCN(C(=O)[C@H]2C[C@@H]3CC[C@@H]2C3)CC1)N1CCCCCC1. The highest BCUT2D eigenvalue weighted by molar-refractivity contribution is 5.80. The number of hydrogen-bond donors (Lipinski definition) is 0. The van der Waals surface area contributed by atoms with Crippen LogP contribution >= 0.6 is 0 Å². The van der Waals surface area contributed by atoms with Gasteiger partial charge in [0, 0.05) is 45.2 Å². The third kappa shape index (κ3) is 3.86. The van der Waals surface area contributed by atoms with Crippen LogP contribution in [0.5, 0.6) is 0 Å². The third-order valence-corrected chi connectivity index (χ3v) is 7.06. The summed E-state index contributed by atoms with van der Waals surface area (Å²) >= 11 is 0. The van der Waals surface area contributed by atoms with E-state index in [1.165, 1.54) is 32.1 Å². The van der Waals surface area contributed by atoms with Crippen molar-refractivity contribution in [2.45, 2.75) is 51.4 Å². The molecule has 0 aromatic rings. The highest BCUT2D eigenvalue weighted by Gasteiger charge is 2.44. The molecule has 4 rings (SSSR count). The van der Waals surface area contributed by atoms with Gasteiger partial charge in [-0.25, -0.2) is 0 Å². The summed E-state index contributed by atoms with van der Waals surface area (Å²) in [5, 5.41) is 0. The molecule has 0 aromatic carbocycles. The quantitative estimate of drug-likeness (QED) is 0.784. The van der Waals surface area contributed by atoms with Gasteiger partial charge in [-0.15, -0.1) is 0 Å². The fourth-order valence-corrected chi connectivity index (χ4v) is 5.52. The van der Waals surface area contributed by atoms with Crippen molar-refractivity contribution in [3.05, 3.63) is 0 Å². The standard InChI is InChI=1S/C20H33N3O2/c24-19(22-7-3-1-2-4-8-22)15-21-9-11-23(12-10-21)20(25)18-14-16-5-6-17(18)13-16/h16-18H,1-15H2/t16-,17-,18+/m1/s1. The summed E-state index contributed by atoms with van der Waals surface area (Å²) in [6.07, 6.45) is 9.86. The zero-order valence-corrected chi connectivity index (χ0v) is 15.5. The molecular weight excluding hydrogens is 314 g/mol. The summed E-state index contributed by atoms with van der Waals surface area (Å²) < 4.78 is 0. The lowest BCUT2D eigenvalue weighted by Gasteiger charge is -2.37. The lowest BCUT2D eigenvalue weighted by Crippen LogP contribution is -2.53. The van der Waals surface area contributed by atoms with Crippen LogP contribution in [-0.4, -0.2) is 72.3 Å². The number of likely N-dealkylation sites (tertiary alicyclic amines) is 1. The number of nitrogens with zero attached hydrogens (tertiary/aromatic N) is 3. The maximum absolute atomic E-state index is 12.8. The maximum Gasteiger partial charge on any atom is 0.236 e. The van der Waals surface area contributed by atoms with Crippen molar-refractivity contribution in [3.8, 4) is 0 Å². The predicted molar refractivity (Wildman–Crippen MR) is 97.0 cm³/mol. The summed E-state index contributed by atoms with van der Waals surface area (Å²) in [5.74, 6) is 2.50. The fraction of sp³-hybridized carbons (Fsp3) is 0.900. The van der Waals surface area contributed by atoms with Gasteiger partial charge >= 0.3 is 0 Å². The second kappa shape index (κ2) is 7.65. The molecule has 0 unspecified atom stereocenters. The van der Waals surface area contributed by atoms with Crippen LogP contribution in [0.25, 0.3) is 0 Å². The van der Waals surface area contributed by atoms with Crippen LogP contribution in [0.1, 0.15) is 51.4 Å². The molecule has 2 aliphatic heterocycles. The minimum absolute atomic E-state index is 0.287. The molecule has 3 atom stereocenters. The molecule has 2 bridgehead atoms.